The highest BCUT2D eigenvalue weighted by atomic mass is 16.5. The zero-order valence-electron chi connectivity index (χ0n) is 14.9. The molecule has 1 atom stereocenters. The monoisotopic (exact) mass is 341 g/mol. The van der Waals surface area contributed by atoms with E-state index in [1.54, 1.807) is 0 Å². The van der Waals surface area contributed by atoms with Crippen LogP contribution >= 0.6 is 0 Å². The SMILES string of the molecule is CCOc1cccc(CNCC2CCCO2)c1OCc1ccccc1. The number of ether oxygens (including phenoxy) is 3. The van der Waals surface area contributed by atoms with Gasteiger partial charge in [0.15, 0.2) is 11.5 Å². The van der Waals surface area contributed by atoms with Crippen molar-refractivity contribution in [1.29, 1.82) is 0 Å². The second-order valence-corrected chi connectivity index (χ2v) is 6.22. The number of hydrogen-bond donors (Lipinski definition) is 1. The van der Waals surface area contributed by atoms with E-state index in [9.17, 15) is 0 Å². The molecule has 1 aliphatic heterocycles. The number of hydrogen-bond acceptors (Lipinski definition) is 4. The average molecular weight is 341 g/mol. The summed E-state index contributed by atoms with van der Waals surface area (Å²) in [5.41, 5.74) is 2.26. The first-order valence-corrected chi connectivity index (χ1v) is 9.10. The Bertz CT molecular complexity index is 639. The van der Waals surface area contributed by atoms with Crippen molar-refractivity contribution >= 4 is 0 Å². The molecule has 1 unspecified atom stereocenters. The minimum absolute atomic E-state index is 0.337. The van der Waals surface area contributed by atoms with Gasteiger partial charge < -0.3 is 19.5 Å². The Morgan fingerprint density at radius 3 is 2.72 bits per heavy atom. The van der Waals surface area contributed by atoms with Crippen molar-refractivity contribution in [3.63, 3.8) is 0 Å². The molecule has 0 aromatic heterocycles. The zero-order valence-corrected chi connectivity index (χ0v) is 14.9. The first-order chi connectivity index (χ1) is 12.4. The maximum absolute atomic E-state index is 6.13. The summed E-state index contributed by atoms with van der Waals surface area (Å²) in [7, 11) is 0. The quantitative estimate of drug-likeness (QED) is 0.750. The Balaban J connectivity index is 1.66. The molecule has 134 valence electrons. The molecule has 0 bridgehead atoms. The summed E-state index contributed by atoms with van der Waals surface area (Å²) in [4.78, 5) is 0. The van der Waals surface area contributed by atoms with Gasteiger partial charge in [-0.15, -0.1) is 0 Å². The lowest BCUT2D eigenvalue weighted by Gasteiger charge is -2.17. The molecule has 1 saturated heterocycles. The standard InChI is InChI=1S/C21H27NO3/c1-2-23-20-12-6-10-18(14-22-15-19-11-7-13-24-19)21(20)25-16-17-8-4-3-5-9-17/h3-6,8-10,12,19,22H,2,7,11,13-16H2,1H3. The molecule has 1 fully saturated rings. The van der Waals surface area contributed by atoms with Gasteiger partial charge in [-0.1, -0.05) is 42.5 Å². The minimum Gasteiger partial charge on any atom is -0.490 e. The van der Waals surface area contributed by atoms with Gasteiger partial charge in [0.25, 0.3) is 0 Å². The molecular formula is C21H27NO3. The third-order valence-corrected chi connectivity index (χ3v) is 4.30. The van der Waals surface area contributed by atoms with Gasteiger partial charge in [0.1, 0.15) is 6.61 Å². The van der Waals surface area contributed by atoms with Crippen LogP contribution in [0.2, 0.25) is 0 Å². The maximum Gasteiger partial charge on any atom is 0.166 e. The fourth-order valence-corrected chi connectivity index (χ4v) is 3.04. The molecule has 0 radical (unpaired) electrons. The van der Waals surface area contributed by atoms with Crippen LogP contribution < -0.4 is 14.8 Å². The van der Waals surface area contributed by atoms with Crippen molar-refractivity contribution in [3.05, 3.63) is 59.7 Å². The molecule has 1 heterocycles. The largest absolute Gasteiger partial charge is 0.490 e. The highest BCUT2D eigenvalue weighted by Gasteiger charge is 2.16. The van der Waals surface area contributed by atoms with Crippen LogP contribution in [0.3, 0.4) is 0 Å². The van der Waals surface area contributed by atoms with E-state index in [1.807, 2.05) is 37.3 Å². The molecule has 0 spiro atoms. The van der Waals surface area contributed by atoms with E-state index in [0.717, 1.165) is 55.2 Å². The van der Waals surface area contributed by atoms with Gasteiger partial charge >= 0.3 is 0 Å². The lowest BCUT2D eigenvalue weighted by Crippen LogP contribution is -2.26. The van der Waals surface area contributed by atoms with E-state index in [2.05, 4.69) is 23.5 Å². The van der Waals surface area contributed by atoms with Crippen LogP contribution in [0, 0.1) is 0 Å². The molecule has 4 nitrogen and oxygen atoms in total. The van der Waals surface area contributed by atoms with Crippen molar-refractivity contribution in [2.75, 3.05) is 19.8 Å². The first-order valence-electron chi connectivity index (χ1n) is 9.10. The van der Waals surface area contributed by atoms with E-state index in [1.165, 1.54) is 0 Å². The van der Waals surface area contributed by atoms with Gasteiger partial charge in [-0.25, -0.2) is 0 Å². The fraction of sp³-hybridized carbons (Fsp3) is 0.429. The summed E-state index contributed by atoms with van der Waals surface area (Å²) >= 11 is 0. The Hall–Kier alpha value is -2.04. The summed E-state index contributed by atoms with van der Waals surface area (Å²) in [5.74, 6) is 1.63. The van der Waals surface area contributed by atoms with Crippen LogP contribution in [0.15, 0.2) is 48.5 Å². The lowest BCUT2D eigenvalue weighted by molar-refractivity contribution is 0.110. The zero-order chi connectivity index (χ0) is 17.3. The van der Waals surface area contributed by atoms with E-state index in [-0.39, 0.29) is 0 Å². The molecule has 1 aliphatic rings. The highest BCUT2D eigenvalue weighted by molar-refractivity contribution is 5.46. The third-order valence-electron chi connectivity index (χ3n) is 4.30. The Kier molecular flexibility index (Phi) is 6.71. The molecule has 3 rings (SSSR count). The molecule has 1 N–H and O–H groups in total. The Morgan fingerprint density at radius 2 is 1.96 bits per heavy atom. The number of para-hydroxylation sites is 1. The highest BCUT2D eigenvalue weighted by Crippen LogP contribution is 2.32. The second kappa shape index (κ2) is 9.44. The van der Waals surface area contributed by atoms with Crippen LogP contribution in [0.1, 0.15) is 30.9 Å². The lowest BCUT2D eigenvalue weighted by atomic mass is 10.1. The van der Waals surface area contributed by atoms with E-state index in [4.69, 9.17) is 14.2 Å². The normalized spacial score (nSPS) is 16.8. The van der Waals surface area contributed by atoms with Gasteiger partial charge in [-0.3, -0.25) is 0 Å². The molecule has 2 aromatic carbocycles. The van der Waals surface area contributed by atoms with Crippen molar-refractivity contribution in [3.8, 4) is 11.5 Å². The summed E-state index contributed by atoms with van der Waals surface area (Å²) in [6.07, 6.45) is 2.64. The number of rotatable bonds is 9. The van der Waals surface area contributed by atoms with Crippen molar-refractivity contribution < 1.29 is 14.2 Å². The predicted molar refractivity (Wildman–Crippen MR) is 99.1 cm³/mol. The van der Waals surface area contributed by atoms with Crippen LogP contribution in [0.5, 0.6) is 11.5 Å². The first kappa shape index (κ1) is 17.8. The molecule has 0 aliphatic carbocycles. The number of nitrogens with one attached hydrogen (secondary N) is 1. The minimum atomic E-state index is 0.337. The maximum atomic E-state index is 6.13. The summed E-state index contributed by atoms with van der Waals surface area (Å²) in [6, 6.07) is 16.3. The van der Waals surface area contributed by atoms with Gasteiger partial charge in [-0.2, -0.15) is 0 Å². The van der Waals surface area contributed by atoms with Gasteiger partial charge in [0, 0.05) is 25.3 Å². The molecular weight excluding hydrogens is 314 g/mol. The molecule has 0 amide bonds. The van der Waals surface area contributed by atoms with Gasteiger partial charge in [0.2, 0.25) is 0 Å². The van der Waals surface area contributed by atoms with Crippen molar-refractivity contribution in [2.45, 2.75) is 39.0 Å². The third kappa shape index (κ3) is 5.21. The van der Waals surface area contributed by atoms with E-state index >= 15 is 0 Å². The van der Waals surface area contributed by atoms with Crippen LogP contribution in [-0.2, 0) is 17.9 Å². The predicted octanol–water partition coefficient (Wildman–Crippen LogP) is 3.93. The summed E-state index contributed by atoms with van der Waals surface area (Å²) in [5, 5.41) is 3.49. The Morgan fingerprint density at radius 1 is 1.08 bits per heavy atom. The topological polar surface area (TPSA) is 39.7 Å². The average Bonchev–Trinajstić information content (AvgIpc) is 3.16. The second-order valence-electron chi connectivity index (χ2n) is 6.22. The van der Waals surface area contributed by atoms with Crippen LogP contribution in [0.25, 0.3) is 0 Å². The van der Waals surface area contributed by atoms with E-state index in [0.29, 0.717) is 19.3 Å². The smallest absolute Gasteiger partial charge is 0.166 e. The van der Waals surface area contributed by atoms with Gasteiger partial charge in [-0.05, 0) is 31.4 Å². The molecule has 0 saturated carbocycles. The van der Waals surface area contributed by atoms with Gasteiger partial charge in [0.05, 0.1) is 12.7 Å². The summed E-state index contributed by atoms with van der Waals surface area (Å²) in [6.45, 7) is 5.64. The van der Waals surface area contributed by atoms with Crippen molar-refractivity contribution in [2.24, 2.45) is 0 Å². The number of benzene rings is 2. The molecule has 25 heavy (non-hydrogen) atoms. The molecule has 2 aromatic rings. The van der Waals surface area contributed by atoms with Crippen LogP contribution in [-0.4, -0.2) is 25.9 Å². The van der Waals surface area contributed by atoms with Crippen molar-refractivity contribution in [1.82, 2.24) is 5.32 Å². The van der Waals surface area contributed by atoms with Crippen LogP contribution in [0.4, 0.5) is 0 Å². The molecule has 4 heteroatoms. The fourth-order valence-electron chi connectivity index (χ4n) is 3.04. The van der Waals surface area contributed by atoms with E-state index < -0.39 is 0 Å². The summed E-state index contributed by atoms with van der Waals surface area (Å²) < 4.78 is 17.6. The Labute approximate surface area is 150 Å².